The van der Waals surface area contributed by atoms with Gasteiger partial charge in [0.1, 0.15) is 5.75 Å². The Balaban J connectivity index is 1.50. The fraction of sp³-hybridized carbons (Fsp3) is 0.464. The molecular weight excluding hydrogens is 446 g/mol. The number of aryl methyl sites for hydroxylation is 1. The highest BCUT2D eigenvalue weighted by molar-refractivity contribution is 6.32. The molecule has 0 bridgehead atoms. The van der Waals surface area contributed by atoms with Crippen LogP contribution in [0.2, 0.25) is 5.02 Å². The number of halogens is 1. The molecule has 1 amide bonds. The van der Waals surface area contributed by atoms with Crippen molar-refractivity contribution < 1.29 is 9.53 Å². The third kappa shape index (κ3) is 5.52. The number of ether oxygens (including phenoxy) is 1. The molecule has 1 aliphatic rings. The summed E-state index contributed by atoms with van der Waals surface area (Å²) in [6.45, 7) is 8.98. The first-order chi connectivity index (χ1) is 16.3. The van der Waals surface area contributed by atoms with Crippen LogP contribution < -0.4 is 9.64 Å². The number of nitrogens with one attached hydrogen (secondary N) is 1. The number of nitrogens with zero attached hydrogens (tertiary/aromatic N) is 2. The highest BCUT2D eigenvalue weighted by Gasteiger charge is 2.24. The van der Waals surface area contributed by atoms with E-state index >= 15 is 0 Å². The molecule has 6 heteroatoms. The van der Waals surface area contributed by atoms with Crippen molar-refractivity contribution in [2.45, 2.75) is 46.6 Å². The van der Waals surface area contributed by atoms with E-state index in [0.29, 0.717) is 37.2 Å². The Bertz CT molecular complexity index is 1140. The van der Waals surface area contributed by atoms with Gasteiger partial charge in [-0.2, -0.15) is 0 Å². The fourth-order valence-corrected chi connectivity index (χ4v) is 5.25. The summed E-state index contributed by atoms with van der Waals surface area (Å²) in [6.07, 6.45) is 5.06. The number of anilines is 1. The first kappa shape index (κ1) is 24.5. The van der Waals surface area contributed by atoms with Gasteiger partial charge in [0.15, 0.2) is 0 Å². The number of aromatic amines is 1. The van der Waals surface area contributed by atoms with Crippen LogP contribution in [0.4, 0.5) is 5.69 Å². The molecule has 182 valence electrons. The zero-order chi connectivity index (χ0) is 24.2. The van der Waals surface area contributed by atoms with E-state index < -0.39 is 0 Å². The molecule has 0 saturated carbocycles. The van der Waals surface area contributed by atoms with Gasteiger partial charge in [-0.25, -0.2) is 0 Å². The van der Waals surface area contributed by atoms with Crippen molar-refractivity contribution in [3.8, 4) is 5.75 Å². The molecule has 0 fully saturated rings. The number of rotatable bonds is 8. The van der Waals surface area contributed by atoms with E-state index in [9.17, 15) is 4.79 Å². The van der Waals surface area contributed by atoms with Gasteiger partial charge in [0.05, 0.1) is 17.5 Å². The van der Waals surface area contributed by atoms with Crippen LogP contribution in [0.15, 0.2) is 42.6 Å². The van der Waals surface area contributed by atoms with Gasteiger partial charge in [-0.05, 0) is 60.6 Å². The zero-order valence-corrected chi connectivity index (χ0v) is 21.5. The van der Waals surface area contributed by atoms with E-state index in [1.807, 2.05) is 30.2 Å². The molecule has 3 aromatic rings. The predicted octanol–water partition coefficient (Wildman–Crippen LogP) is 6.29. The summed E-state index contributed by atoms with van der Waals surface area (Å²) in [5.41, 5.74) is 4.46. The highest BCUT2D eigenvalue weighted by Crippen LogP contribution is 2.34. The normalized spacial score (nSPS) is 14.4. The van der Waals surface area contributed by atoms with Gasteiger partial charge in [0, 0.05) is 49.5 Å². The molecule has 0 radical (unpaired) electrons. The fourth-order valence-electron chi connectivity index (χ4n) is 4.94. The minimum absolute atomic E-state index is 0.141. The van der Waals surface area contributed by atoms with E-state index in [0.717, 1.165) is 47.3 Å². The number of carbonyl (C=O) groups excluding carboxylic acids is 1. The summed E-state index contributed by atoms with van der Waals surface area (Å²) in [6, 6.07) is 12.5. The predicted molar refractivity (Wildman–Crippen MR) is 141 cm³/mol. The van der Waals surface area contributed by atoms with Crippen LogP contribution in [-0.2, 0) is 17.8 Å². The van der Waals surface area contributed by atoms with Crippen LogP contribution in [0.3, 0.4) is 0 Å². The Morgan fingerprint density at radius 2 is 1.97 bits per heavy atom. The topological polar surface area (TPSA) is 48.6 Å². The Kier molecular flexibility index (Phi) is 7.72. The van der Waals surface area contributed by atoms with Crippen LogP contribution in [0.5, 0.6) is 5.75 Å². The second-order valence-corrected chi connectivity index (χ2v) is 10.4. The summed E-state index contributed by atoms with van der Waals surface area (Å²) in [7, 11) is 2.06. The van der Waals surface area contributed by atoms with Crippen LogP contribution in [0.25, 0.3) is 10.9 Å². The molecule has 1 atom stereocenters. The summed E-state index contributed by atoms with van der Waals surface area (Å²) in [5, 5.41) is 1.82. The van der Waals surface area contributed by atoms with Gasteiger partial charge < -0.3 is 19.5 Å². The molecular formula is C28H36ClN3O2. The molecule has 2 aromatic carbocycles. The van der Waals surface area contributed by atoms with Crippen molar-refractivity contribution in [2.24, 2.45) is 11.8 Å². The quantitative estimate of drug-likeness (QED) is 0.411. The molecule has 4 rings (SSSR count). The second kappa shape index (κ2) is 10.7. The van der Waals surface area contributed by atoms with E-state index in [-0.39, 0.29) is 11.8 Å². The number of H-pyrrole nitrogens is 1. The lowest BCUT2D eigenvalue weighted by Crippen LogP contribution is -2.41. The van der Waals surface area contributed by atoms with Crippen LogP contribution >= 0.6 is 11.6 Å². The van der Waals surface area contributed by atoms with E-state index in [2.05, 4.69) is 55.0 Å². The number of amides is 1. The third-order valence-corrected chi connectivity index (χ3v) is 6.77. The van der Waals surface area contributed by atoms with Crippen LogP contribution in [0.1, 0.15) is 44.7 Å². The largest absolute Gasteiger partial charge is 0.492 e. The molecule has 0 saturated heterocycles. The minimum atomic E-state index is -0.141. The molecule has 1 unspecified atom stereocenters. The van der Waals surface area contributed by atoms with E-state index in [1.54, 1.807) is 0 Å². The lowest BCUT2D eigenvalue weighted by molar-refractivity contribution is -0.135. The van der Waals surface area contributed by atoms with E-state index in [4.69, 9.17) is 16.3 Å². The minimum Gasteiger partial charge on any atom is -0.492 e. The second-order valence-electron chi connectivity index (χ2n) is 9.98. The molecule has 0 aliphatic carbocycles. The first-order valence-electron chi connectivity index (χ1n) is 12.3. The summed E-state index contributed by atoms with van der Waals surface area (Å²) in [5.74, 6) is 1.22. The number of aromatic nitrogens is 1. The number of benzene rings is 2. The maximum Gasteiger partial charge on any atom is 0.227 e. The monoisotopic (exact) mass is 481 g/mol. The maximum atomic E-state index is 13.6. The van der Waals surface area contributed by atoms with Crippen molar-refractivity contribution in [1.82, 2.24) is 9.88 Å². The molecule has 1 N–H and O–H groups in total. The third-order valence-electron chi connectivity index (χ3n) is 6.49. The molecule has 34 heavy (non-hydrogen) atoms. The molecule has 5 nitrogen and oxygen atoms in total. The summed E-state index contributed by atoms with van der Waals surface area (Å²) < 4.78 is 5.88. The maximum absolute atomic E-state index is 13.6. The lowest BCUT2D eigenvalue weighted by atomic mass is 10.0. The van der Waals surface area contributed by atoms with Gasteiger partial charge >= 0.3 is 0 Å². The standard InChI is InChI=1S/C28H36ClN3O2/c1-19(2)16-32(18-21-14-22-8-5-6-13-34-27(22)24(29)15-21)28(33)20(3)17-31(4)26-10-7-9-25-23(26)11-12-30-25/h7,9-12,14-15,19-20,30H,5-6,8,13,16-18H2,1-4H3. The van der Waals surface area contributed by atoms with Crippen molar-refractivity contribution in [2.75, 3.05) is 31.6 Å². The number of hydrogen-bond acceptors (Lipinski definition) is 3. The smallest absolute Gasteiger partial charge is 0.227 e. The average molecular weight is 482 g/mol. The molecule has 1 aromatic heterocycles. The lowest BCUT2D eigenvalue weighted by Gasteiger charge is -2.30. The number of fused-ring (bicyclic) bond motifs is 2. The number of carbonyl (C=O) groups is 1. The Labute approximate surface area is 208 Å². The average Bonchev–Trinajstić information content (AvgIpc) is 3.15. The SMILES string of the molecule is CC(C)CN(Cc1cc(Cl)c2c(c1)CCCCO2)C(=O)C(C)CN(C)c1cccc2[nH]ccc12. The van der Waals surface area contributed by atoms with Crippen molar-refractivity contribution in [3.05, 3.63) is 58.7 Å². The van der Waals surface area contributed by atoms with Crippen molar-refractivity contribution in [3.63, 3.8) is 0 Å². The van der Waals surface area contributed by atoms with Crippen LogP contribution in [0, 0.1) is 11.8 Å². The van der Waals surface area contributed by atoms with Crippen molar-refractivity contribution in [1.29, 1.82) is 0 Å². The van der Waals surface area contributed by atoms with Crippen molar-refractivity contribution >= 4 is 34.1 Å². The first-order valence-corrected chi connectivity index (χ1v) is 12.7. The molecule has 1 aliphatic heterocycles. The zero-order valence-electron chi connectivity index (χ0n) is 20.7. The Hall–Kier alpha value is -2.66. The van der Waals surface area contributed by atoms with Gasteiger partial charge in [-0.15, -0.1) is 0 Å². The summed E-state index contributed by atoms with van der Waals surface area (Å²) >= 11 is 6.59. The van der Waals surface area contributed by atoms with Crippen LogP contribution in [-0.4, -0.2) is 42.5 Å². The van der Waals surface area contributed by atoms with Gasteiger partial charge in [0.2, 0.25) is 5.91 Å². The molecule has 2 heterocycles. The highest BCUT2D eigenvalue weighted by atomic mass is 35.5. The Morgan fingerprint density at radius 1 is 1.15 bits per heavy atom. The number of hydrogen-bond donors (Lipinski definition) is 1. The summed E-state index contributed by atoms with van der Waals surface area (Å²) in [4.78, 5) is 21.1. The van der Waals surface area contributed by atoms with E-state index in [1.165, 1.54) is 5.39 Å². The Morgan fingerprint density at radius 3 is 2.76 bits per heavy atom. The van der Waals surface area contributed by atoms with Gasteiger partial charge in [0.25, 0.3) is 0 Å². The van der Waals surface area contributed by atoms with Gasteiger partial charge in [-0.3, -0.25) is 4.79 Å². The molecule has 0 spiro atoms. The van der Waals surface area contributed by atoms with Gasteiger partial charge in [-0.1, -0.05) is 44.5 Å².